The maximum Gasteiger partial charge on any atom is 0.408 e. The second-order valence-corrected chi connectivity index (χ2v) is 12.5. The average Bonchev–Trinajstić information content (AvgIpc) is 3.25. The number of nitrogens with zero attached hydrogens (tertiary/aromatic N) is 3. The van der Waals surface area contributed by atoms with Gasteiger partial charge in [0.15, 0.2) is 17.6 Å². The largest absolute Gasteiger partial charge is 0.418 e. The summed E-state index contributed by atoms with van der Waals surface area (Å²) < 4.78 is 60.3. The van der Waals surface area contributed by atoms with E-state index >= 15 is 0 Å². The lowest BCUT2D eigenvalue weighted by Gasteiger charge is -2.46. The number of alkyl halides is 3. The quantitative estimate of drug-likeness (QED) is 0.354. The fraction of sp³-hybridized carbons (Fsp3) is 0.367. The molecule has 1 aromatic heterocycles. The van der Waals surface area contributed by atoms with Crippen molar-refractivity contribution >= 4 is 35.2 Å². The summed E-state index contributed by atoms with van der Waals surface area (Å²) in [5.74, 6) is -3.45. The number of esters is 1. The fourth-order valence-corrected chi connectivity index (χ4v) is 7.02. The van der Waals surface area contributed by atoms with Gasteiger partial charge in [0.2, 0.25) is 11.2 Å². The van der Waals surface area contributed by atoms with Crippen molar-refractivity contribution < 1.29 is 37.0 Å². The number of hydrogen-bond donors (Lipinski definition) is 0. The predicted molar refractivity (Wildman–Crippen MR) is 155 cm³/mol. The normalized spacial score (nSPS) is 21.7. The third-order valence-corrected chi connectivity index (χ3v) is 9.29. The highest BCUT2D eigenvalue weighted by Gasteiger charge is 2.48. The molecule has 9 nitrogen and oxygen atoms in total. The van der Waals surface area contributed by atoms with Gasteiger partial charge in [-0.15, -0.1) is 11.8 Å². The van der Waals surface area contributed by atoms with E-state index in [-0.39, 0.29) is 6.61 Å². The van der Waals surface area contributed by atoms with Gasteiger partial charge < -0.3 is 19.1 Å². The number of fused-ring (bicyclic) bond motifs is 3. The molecule has 2 aromatic carbocycles. The fourth-order valence-electron chi connectivity index (χ4n) is 5.55. The molecule has 0 bridgehead atoms. The van der Waals surface area contributed by atoms with Crippen molar-refractivity contribution in [3.05, 3.63) is 92.4 Å². The van der Waals surface area contributed by atoms with Crippen molar-refractivity contribution in [2.75, 3.05) is 18.3 Å². The van der Waals surface area contributed by atoms with E-state index in [0.717, 1.165) is 29.0 Å². The first-order chi connectivity index (χ1) is 20.8. The van der Waals surface area contributed by atoms with Gasteiger partial charge in [-0.2, -0.15) is 13.2 Å². The van der Waals surface area contributed by atoms with Gasteiger partial charge in [0, 0.05) is 27.9 Å². The van der Waals surface area contributed by atoms with Gasteiger partial charge in [-0.05, 0) is 49.6 Å². The van der Waals surface area contributed by atoms with Crippen LogP contribution >= 0.6 is 23.4 Å². The lowest BCUT2D eigenvalue weighted by molar-refractivity contribution is -0.173. The van der Waals surface area contributed by atoms with E-state index in [1.165, 1.54) is 22.6 Å². The van der Waals surface area contributed by atoms with Crippen LogP contribution in [0.5, 0.6) is 5.75 Å². The van der Waals surface area contributed by atoms with Gasteiger partial charge in [0.25, 0.3) is 5.91 Å². The van der Waals surface area contributed by atoms with Gasteiger partial charge in [-0.3, -0.25) is 19.3 Å². The van der Waals surface area contributed by atoms with Crippen molar-refractivity contribution in [2.24, 2.45) is 0 Å². The minimum Gasteiger partial charge on any atom is -0.418 e. The van der Waals surface area contributed by atoms with E-state index in [9.17, 15) is 27.6 Å². The van der Waals surface area contributed by atoms with E-state index < -0.39 is 65.6 Å². The van der Waals surface area contributed by atoms with Crippen LogP contribution in [0.3, 0.4) is 0 Å². The van der Waals surface area contributed by atoms with Gasteiger partial charge in [0.05, 0.1) is 12.6 Å². The first-order valence-electron chi connectivity index (χ1n) is 13.7. The number of amides is 1. The van der Waals surface area contributed by atoms with E-state index in [1.54, 1.807) is 31.0 Å². The number of rotatable bonds is 4. The Kier molecular flexibility index (Phi) is 7.71. The number of hydrogen-bond acceptors (Lipinski definition) is 8. The number of ether oxygens (including phenoxy) is 3. The van der Waals surface area contributed by atoms with Crippen molar-refractivity contribution in [1.29, 1.82) is 0 Å². The Morgan fingerprint density at radius 1 is 1.11 bits per heavy atom. The Labute approximate surface area is 259 Å². The number of thioether (sulfide) groups is 1. The topological polar surface area (TPSA) is 90.3 Å². The Morgan fingerprint density at radius 3 is 2.55 bits per heavy atom. The zero-order chi connectivity index (χ0) is 31.6. The van der Waals surface area contributed by atoms with Crippen LogP contribution in [-0.4, -0.2) is 58.8 Å². The summed E-state index contributed by atoms with van der Waals surface area (Å²) in [5.41, 5.74) is 0.866. The summed E-state index contributed by atoms with van der Waals surface area (Å²) in [7, 11) is 0. The van der Waals surface area contributed by atoms with E-state index in [1.807, 2.05) is 30.3 Å². The molecule has 6 rings (SSSR count). The molecule has 0 spiro atoms. The molecular weight excluding hydrogens is 623 g/mol. The molecule has 0 aliphatic carbocycles. The summed E-state index contributed by atoms with van der Waals surface area (Å²) in [6, 6.07) is 10.9. The first-order valence-corrected chi connectivity index (χ1v) is 15.1. The molecule has 3 aliphatic rings. The second-order valence-electron chi connectivity index (χ2n) is 11.1. The Bertz CT molecular complexity index is 1710. The van der Waals surface area contributed by atoms with Crippen molar-refractivity contribution in [1.82, 2.24) is 9.58 Å². The maximum atomic E-state index is 14.2. The molecule has 0 radical (unpaired) electrons. The highest BCUT2D eigenvalue weighted by atomic mass is 35.5. The standard InChI is InChI=1S/C30H27ClF3N3O6S/c1-16(30(32,33)34)35-15-37(24-17-8-6-9-20(31)19(17)14-44-23-10-5-4-7-18(23)24)36-12-11-21(38)26(25(36)27(35)39)42-28(40)22-13-41-29(2,3)43-22/h4-12,16,22,24H,13-15H2,1-3H3/t16-,22-,24+/m1/s1. The number of pyridine rings is 1. The molecule has 0 unspecified atom stereocenters. The van der Waals surface area contributed by atoms with E-state index in [4.69, 9.17) is 25.8 Å². The Hall–Kier alpha value is -3.52. The second kappa shape index (κ2) is 11.1. The van der Waals surface area contributed by atoms with Crippen LogP contribution in [0.15, 0.2) is 64.4 Å². The smallest absolute Gasteiger partial charge is 0.408 e. The molecule has 3 aromatic rings. The molecule has 14 heteroatoms. The SMILES string of the molecule is C[C@@H](N1CN([C@@H]2c3ccccc3SCc3c(Cl)cccc32)n2ccc(=O)c(OC(=O)[C@H]3COC(C)(C)O3)c2C1=O)C(F)(F)F. The molecule has 1 fully saturated rings. The molecule has 3 atom stereocenters. The summed E-state index contributed by atoms with van der Waals surface area (Å²) in [4.78, 5) is 41.7. The first kappa shape index (κ1) is 30.5. The molecule has 44 heavy (non-hydrogen) atoms. The van der Waals surface area contributed by atoms with Gasteiger partial charge in [-0.1, -0.05) is 41.9 Å². The van der Waals surface area contributed by atoms with Crippen LogP contribution in [0, 0.1) is 0 Å². The van der Waals surface area contributed by atoms with Crippen molar-refractivity contribution in [3.8, 4) is 5.75 Å². The Morgan fingerprint density at radius 2 is 1.84 bits per heavy atom. The molecule has 1 amide bonds. The lowest BCUT2D eigenvalue weighted by Crippen LogP contribution is -2.60. The van der Waals surface area contributed by atoms with Crippen LogP contribution in [0.4, 0.5) is 13.2 Å². The third-order valence-electron chi connectivity index (χ3n) is 7.82. The lowest BCUT2D eigenvalue weighted by atomic mass is 9.94. The molecule has 0 saturated carbocycles. The van der Waals surface area contributed by atoms with Crippen molar-refractivity contribution in [3.63, 3.8) is 0 Å². The molecule has 1 saturated heterocycles. The van der Waals surface area contributed by atoms with E-state index in [0.29, 0.717) is 21.2 Å². The minimum atomic E-state index is -4.80. The molecule has 3 aliphatic heterocycles. The summed E-state index contributed by atoms with van der Waals surface area (Å²) >= 11 is 8.17. The molecular formula is C30H27ClF3N3O6S. The summed E-state index contributed by atoms with van der Waals surface area (Å²) in [6.07, 6.45) is -4.72. The van der Waals surface area contributed by atoms with Crippen LogP contribution in [-0.2, 0) is 20.0 Å². The molecule has 0 N–H and O–H groups in total. The summed E-state index contributed by atoms with van der Waals surface area (Å²) in [5, 5.41) is 2.03. The van der Waals surface area contributed by atoms with Crippen LogP contribution in [0.25, 0.3) is 0 Å². The maximum absolute atomic E-state index is 14.2. The summed E-state index contributed by atoms with van der Waals surface area (Å²) in [6.45, 7) is 3.36. The number of halogens is 4. The van der Waals surface area contributed by atoms with Crippen LogP contribution < -0.4 is 15.2 Å². The van der Waals surface area contributed by atoms with Gasteiger partial charge in [0.1, 0.15) is 12.7 Å². The van der Waals surface area contributed by atoms with Crippen LogP contribution in [0.1, 0.15) is 54.0 Å². The highest BCUT2D eigenvalue weighted by molar-refractivity contribution is 7.98. The highest BCUT2D eigenvalue weighted by Crippen LogP contribution is 2.45. The number of aromatic nitrogens is 1. The monoisotopic (exact) mass is 649 g/mol. The predicted octanol–water partition coefficient (Wildman–Crippen LogP) is 5.26. The average molecular weight is 650 g/mol. The van der Waals surface area contributed by atoms with Crippen LogP contribution in [0.2, 0.25) is 5.02 Å². The number of benzene rings is 2. The van der Waals surface area contributed by atoms with Gasteiger partial charge >= 0.3 is 12.1 Å². The minimum absolute atomic E-state index is 0.173. The van der Waals surface area contributed by atoms with E-state index in [2.05, 4.69) is 0 Å². The zero-order valence-electron chi connectivity index (χ0n) is 23.8. The molecule has 232 valence electrons. The number of carbonyl (C=O) groups excluding carboxylic acids is 2. The zero-order valence-corrected chi connectivity index (χ0v) is 25.3. The van der Waals surface area contributed by atoms with Gasteiger partial charge in [-0.25, -0.2) is 4.79 Å². The Balaban J connectivity index is 1.55. The van der Waals surface area contributed by atoms with Crippen molar-refractivity contribution in [2.45, 2.75) is 61.6 Å². The third kappa shape index (κ3) is 5.35. The molecule has 4 heterocycles. The number of carbonyl (C=O) groups is 2.